The molecule has 0 aromatic rings. The monoisotopic (exact) mass is 280 g/mol. The quantitative estimate of drug-likeness (QED) is 0.319. The van der Waals surface area contributed by atoms with Crippen LogP contribution >= 0.6 is 0 Å². The summed E-state index contributed by atoms with van der Waals surface area (Å²) < 4.78 is 5.04. The molecule has 0 fully saturated rings. The maximum Gasteiger partial charge on any atom is 0.307 e. The molecule has 0 saturated heterocycles. The smallest absolute Gasteiger partial charge is 0.307 e. The van der Waals surface area contributed by atoms with E-state index in [2.05, 4.69) is 6.92 Å². The van der Waals surface area contributed by atoms with Crippen molar-refractivity contribution in [3.05, 3.63) is 0 Å². The Morgan fingerprint density at radius 1 is 0.895 bits per heavy atom. The summed E-state index contributed by atoms with van der Waals surface area (Å²) in [5, 5.41) is 0. The zero-order valence-corrected chi connectivity index (χ0v) is 15.1. The molecule has 3 nitrogen and oxygen atoms in total. The molecule has 1 radical (unpaired) electrons. The Morgan fingerprint density at radius 3 is 1.84 bits per heavy atom. The minimum absolute atomic E-state index is 0. The van der Waals surface area contributed by atoms with Gasteiger partial charge in [0, 0.05) is 36.1 Å². The van der Waals surface area contributed by atoms with Crippen molar-refractivity contribution < 1.29 is 9.53 Å². The molecule has 0 heterocycles. The van der Waals surface area contributed by atoms with E-state index in [-0.39, 0.29) is 35.5 Å². The molecule has 0 amide bonds. The van der Waals surface area contributed by atoms with Gasteiger partial charge >= 0.3 is 5.97 Å². The summed E-state index contributed by atoms with van der Waals surface area (Å²) in [4.78, 5) is 11.0. The standard InChI is InChI=1S/C15H31NO2.Na/c1-2-3-4-5-6-7-8-9-10-11-14-18-15(17)12-13-16;/h2-14,16H2,1H3;. The maximum absolute atomic E-state index is 11.0. The first kappa shape index (κ1) is 21.7. The van der Waals surface area contributed by atoms with Crippen LogP contribution in [0.3, 0.4) is 0 Å². The molecule has 0 aliphatic carbocycles. The molecule has 2 N–H and O–H groups in total. The molecular formula is C15H31NNaO2. The van der Waals surface area contributed by atoms with Crippen LogP contribution in [0.25, 0.3) is 0 Å². The maximum atomic E-state index is 11.0. The van der Waals surface area contributed by atoms with Gasteiger partial charge in [0.05, 0.1) is 13.0 Å². The Morgan fingerprint density at radius 2 is 1.37 bits per heavy atom. The number of ether oxygens (including phenoxy) is 1. The van der Waals surface area contributed by atoms with E-state index in [1.54, 1.807) is 0 Å². The van der Waals surface area contributed by atoms with E-state index in [0.717, 1.165) is 6.42 Å². The van der Waals surface area contributed by atoms with Crippen molar-refractivity contribution in [2.75, 3.05) is 13.2 Å². The van der Waals surface area contributed by atoms with E-state index in [9.17, 15) is 4.79 Å². The topological polar surface area (TPSA) is 52.3 Å². The van der Waals surface area contributed by atoms with Crippen LogP contribution in [-0.2, 0) is 9.53 Å². The predicted molar refractivity (Wildman–Crippen MR) is 82.2 cm³/mol. The molecule has 0 bridgehead atoms. The van der Waals surface area contributed by atoms with Crippen molar-refractivity contribution in [2.45, 2.75) is 77.6 Å². The van der Waals surface area contributed by atoms with Crippen molar-refractivity contribution in [3.8, 4) is 0 Å². The second kappa shape index (κ2) is 18.4. The van der Waals surface area contributed by atoms with Gasteiger partial charge in [0.1, 0.15) is 0 Å². The van der Waals surface area contributed by atoms with Gasteiger partial charge in [0.2, 0.25) is 0 Å². The van der Waals surface area contributed by atoms with Crippen LogP contribution in [0.15, 0.2) is 0 Å². The van der Waals surface area contributed by atoms with Gasteiger partial charge in [0.15, 0.2) is 0 Å². The molecule has 19 heavy (non-hydrogen) atoms. The van der Waals surface area contributed by atoms with Crippen LogP contribution in [0, 0.1) is 0 Å². The first-order chi connectivity index (χ1) is 8.81. The van der Waals surface area contributed by atoms with Gasteiger partial charge in [-0.05, 0) is 6.42 Å². The number of nitrogens with two attached hydrogens (primary N) is 1. The van der Waals surface area contributed by atoms with Gasteiger partial charge in [-0.1, -0.05) is 64.7 Å². The summed E-state index contributed by atoms with van der Waals surface area (Å²) in [7, 11) is 0. The van der Waals surface area contributed by atoms with Gasteiger partial charge in [-0.2, -0.15) is 0 Å². The van der Waals surface area contributed by atoms with E-state index in [4.69, 9.17) is 10.5 Å². The van der Waals surface area contributed by atoms with Crippen LogP contribution in [0.1, 0.15) is 77.6 Å². The Balaban J connectivity index is 0. The van der Waals surface area contributed by atoms with E-state index in [0.29, 0.717) is 19.6 Å². The molecule has 0 rings (SSSR count). The Bertz CT molecular complexity index is 189. The third-order valence-corrected chi connectivity index (χ3v) is 3.11. The summed E-state index contributed by atoms with van der Waals surface area (Å²) >= 11 is 0. The molecule has 0 saturated carbocycles. The van der Waals surface area contributed by atoms with E-state index < -0.39 is 0 Å². The summed E-state index contributed by atoms with van der Waals surface area (Å²) in [6.07, 6.45) is 13.3. The van der Waals surface area contributed by atoms with Crippen molar-refractivity contribution >= 4 is 35.5 Å². The van der Waals surface area contributed by atoms with Crippen LogP contribution in [0.2, 0.25) is 0 Å². The number of carbonyl (C=O) groups excluding carboxylic acids is 1. The molecule has 0 aliphatic heterocycles. The third-order valence-electron chi connectivity index (χ3n) is 3.11. The normalized spacial score (nSPS) is 10.0. The fraction of sp³-hybridized carbons (Fsp3) is 0.933. The second-order valence-electron chi connectivity index (χ2n) is 4.94. The molecule has 0 aliphatic rings. The molecule has 0 unspecified atom stereocenters. The number of carbonyl (C=O) groups is 1. The summed E-state index contributed by atoms with van der Waals surface area (Å²) in [6, 6.07) is 0. The number of esters is 1. The van der Waals surface area contributed by atoms with E-state index in [1.807, 2.05) is 0 Å². The molecule has 0 spiro atoms. The Hall–Kier alpha value is 0.430. The van der Waals surface area contributed by atoms with Crippen molar-refractivity contribution in [1.29, 1.82) is 0 Å². The van der Waals surface area contributed by atoms with Crippen LogP contribution in [-0.4, -0.2) is 48.7 Å². The SMILES string of the molecule is CCCCCCCCCCCCOC(=O)CCN.[Na]. The van der Waals surface area contributed by atoms with Crippen molar-refractivity contribution in [3.63, 3.8) is 0 Å². The number of unbranched alkanes of at least 4 members (excludes halogenated alkanes) is 9. The number of hydrogen-bond donors (Lipinski definition) is 1. The Kier molecular flexibility index (Phi) is 21.1. The summed E-state index contributed by atoms with van der Waals surface area (Å²) in [5.74, 6) is -0.159. The molecular weight excluding hydrogens is 249 g/mol. The zero-order chi connectivity index (χ0) is 13.5. The minimum atomic E-state index is -0.159. The molecule has 4 heteroatoms. The molecule has 0 aromatic carbocycles. The largest absolute Gasteiger partial charge is 0.466 e. The van der Waals surface area contributed by atoms with Gasteiger partial charge in [-0.15, -0.1) is 0 Å². The summed E-state index contributed by atoms with van der Waals surface area (Å²) in [5.41, 5.74) is 5.26. The van der Waals surface area contributed by atoms with Crippen LogP contribution in [0.5, 0.6) is 0 Å². The average Bonchev–Trinajstić information content (AvgIpc) is 2.36. The average molecular weight is 280 g/mol. The summed E-state index contributed by atoms with van der Waals surface area (Å²) in [6.45, 7) is 3.20. The van der Waals surface area contributed by atoms with Gasteiger partial charge in [-0.25, -0.2) is 0 Å². The minimum Gasteiger partial charge on any atom is -0.466 e. The first-order valence-corrected chi connectivity index (χ1v) is 7.67. The molecule has 109 valence electrons. The third kappa shape index (κ3) is 18.4. The van der Waals surface area contributed by atoms with Crippen LogP contribution < -0.4 is 5.73 Å². The van der Waals surface area contributed by atoms with Gasteiger partial charge in [-0.3, -0.25) is 4.79 Å². The molecule has 0 atom stereocenters. The predicted octanol–water partition coefficient (Wildman–Crippen LogP) is 3.42. The van der Waals surface area contributed by atoms with Gasteiger partial charge < -0.3 is 10.5 Å². The van der Waals surface area contributed by atoms with E-state index in [1.165, 1.54) is 57.8 Å². The molecule has 0 aromatic heterocycles. The fourth-order valence-electron chi connectivity index (χ4n) is 1.97. The Labute approximate surface area is 141 Å². The fourth-order valence-corrected chi connectivity index (χ4v) is 1.97. The van der Waals surface area contributed by atoms with Crippen molar-refractivity contribution in [2.24, 2.45) is 5.73 Å². The second-order valence-corrected chi connectivity index (χ2v) is 4.94. The van der Waals surface area contributed by atoms with E-state index >= 15 is 0 Å². The van der Waals surface area contributed by atoms with Crippen LogP contribution in [0.4, 0.5) is 0 Å². The number of hydrogen-bond acceptors (Lipinski definition) is 3. The van der Waals surface area contributed by atoms with Gasteiger partial charge in [0.25, 0.3) is 0 Å². The number of rotatable bonds is 13. The first-order valence-electron chi connectivity index (χ1n) is 7.67. The van der Waals surface area contributed by atoms with Crippen molar-refractivity contribution in [1.82, 2.24) is 0 Å². The zero-order valence-electron chi connectivity index (χ0n) is 13.1.